The maximum atomic E-state index is 11.6. The zero-order valence-corrected chi connectivity index (χ0v) is 22.3. The molecule has 7 nitrogen and oxygen atoms in total. The molecule has 1 fully saturated rings. The molecule has 1 saturated carbocycles. The van der Waals surface area contributed by atoms with Crippen molar-refractivity contribution in [2.45, 2.75) is 52.0 Å². The molecule has 2 heterocycles. The summed E-state index contributed by atoms with van der Waals surface area (Å²) < 4.78 is 2.23. The van der Waals surface area contributed by atoms with Crippen LogP contribution in [0, 0.1) is 6.92 Å². The summed E-state index contributed by atoms with van der Waals surface area (Å²) in [5, 5.41) is 7.40. The quantitative estimate of drug-likeness (QED) is 0.253. The van der Waals surface area contributed by atoms with Crippen molar-refractivity contribution in [2.24, 2.45) is 4.99 Å². The highest BCUT2D eigenvalue weighted by Crippen LogP contribution is 2.31. The fourth-order valence-electron chi connectivity index (χ4n) is 5.39. The first-order chi connectivity index (χ1) is 19.0. The van der Waals surface area contributed by atoms with Crippen molar-refractivity contribution < 1.29 is 4.79 Å². The van der Waals surface area contributed by atoms with Crippen molar-refractivity contribution in [1.82, 2.24) is 14.5 Å². The topological polar surface area (TPSA) is 84.2 Å². The van der Waals surface area contributed by atoms with Gasteiger partial charge in [-0.25, -0.2) is 4.98 Å². The summed E-state index contributed by atoms with van der Waals surface area (Å²) in [5.41, 5.74) is 8.32. The van der Waals surface area contributed by atoms with E-state index in [1.165, 1.54) is 26.2 Å². The third-order valence-electron chi connectivity index (χ3n) is 7.32. The van der Waals surface area contributed by atoms with Crippen molar-refractivity contribution in [3.63, 3.8) is 0 Å². The number of benzene rings is 3. The summed E-state index contributed by atoms with van der Waals surface area (Å²) >= 11 is 0. The van der Waals surface area contributed by atoms with Gasteiger partial charge in [0.05, 0.1) is 50.9 Å². The Hall–Kier alpha value is -4.52. The van der Waals surface area contributed by atoms with Crippen molar-refractivity contribution in [3.8, 4) is 17.1 Å². The highest BCUT2D eigenvalue weighted by Gasteiger charge is 2.18. The van der Waals surface area contributed by atoms with E-state index in [1.807, 2.05) is 67.7 Å². The van der Waals surface area contributed by atoms with Gasteiger partial charge >= 0.3 is 0 Å². The predicted molar refractivity (Wildman–Crippen MR) is 157 cm³/mol. The molecular weight excluding hydrogens is 484 g/mol. The van der Waals surface area contributed by atoms with Gasteiger partial charge in [0, 0.05) is 24.5 Å². The van der Waals surface area contributed by atoms with Crippen molar-refractivity contribution in [3.05, 3.63) is 90.0 Å². The third-order valence-corrected chi connectivity index (χ3v) is 7.32. The third kappa shape index (κ3) is 5.25. The van der Waals surface area contributed by atoms with Crippen LogP contribution in [0.2, 0.25) is 0 Å². The Labute approximate surface area is 228 Å². The molecule has 7 heteroatoms. The summed E-state index contributed by atoms with van der Waals surface area (Å²) in [6, 6.07) is 24.7. The summed E-state index contributed by atoms with van der Waals surface area (Å²) in [4.78, 5) is 26.4. The van der Waals surface area contributed by atoms with E-state index in [-0.39, 0.29) is 5.91 Å². The molecule has 0 saturated heterocycles. The van der Waals surface area contributed by atoms with Crippen LogP contribution in [0.4, 0.5) is 17.1 Å². The number of carbonyl (C=O) groups excluding carboxylic acids is 1. The Morgan fingerprint density at radius 3 is 2.51 bits per heavy atom. The van der Waals surface area contributed by atoms with E-state index in [2.05, 4.69) is 38.4 Å². The van der Waals surface area contributed by atoms with E-state index >= 15 is 0 Å². The molecular formula is C32H32N6O. The molecule has 1 aromatic heterocycles. The van der Waals surface area contributed by atoms with Gasteiger partial charge in [0.25, 0.3) is 0 Å². The zero-order valence-electron chi connectivity index (χ0n) is 22.3. The van der Waals surface area contributed by atoms with Crippen molar-refractivity contribution in [1.29, 1.82) is 0 Å². The number of rotatable bonds is 5. The number of anilines is 3. The Kier molecular flexibility index (Phi) is 6.80. The molecule has 0 bridgehead atoms. The number of fused-ring (bicyclic) bond motifs is 2. The first-order valence-electron chi connectivity index (χ1n) is 13.6. The predicted octanol–water partition coefficient (Wildman–Crippen LogP) is 6.77. The molecule has 0 unspecified atom stereocenters. The molecule has 1 aliphatic heterocycles. The second kappa shape index (κ2) is 10.7. The number of aryl methyl sites for hydroxylation is 1. The zero-order chi connectivity index (χ0) is 26.8. The van der Waals surface area contributed by atoms with Crippen LogP contribution in [0.5, 0.6) is 0 Å². The molecule has 6 rings (SSSR count). The second-order valence-electron chi connectivity index (χ2n) is 10.2. The van der Waals surface area contributed by atoms with Crippen molar-refractivity contribution >= 4 is 34.0 Å². The molecule has 0 atom stereocenters. The number of carbonyl (C=O) groups is 1. The number of nitrogens with zero attached hydrogens (tertiary/aromatic N) is 4. The van der Waals surface area contributed by atoms with E-state index in [1.54, 1.807) is 0 Å². The number of amides is 1. The average Bonchev–Trinajstić information content (AvgIpc) is 2.94. The van der Waals surface area contributed by atoms with Gasteiger partial charge in [-0.1, -0.05) is 31.4 Å². The first-order valence-corrected chi connectivity index (χ1v) is 13.6. The molecule has 0 spiro atoms. The molecule has 39 heavy (non-hydrogen) atoms. The van der Waals surface area contributed by atoms with Gasteiger partial charge < -0.3 is 15.2 Å². The molecule has 2 N–H and O–H groups in total. The number of hydrogen-bond acceptors (Lipinski definition) is 5. The minimum atomic E-state index is -0.0898. The minimum Gasteiger partial charge on any atom is -0.352 e. The standard InChI is InChI=1S/C32H32N6O/c1-21-26(12-8-18-33-21)36-28-19-30-32(20-29(28)35-23-9-4-3-5-10-23)38(31-13-7-6-11-27(31)37-30)25-16-14-24(15-17-25)34-22(2)39/h6-8,11-20,23,36H,3-5,9-10H2,1-2H3,(H,34,39)/b35-29+. The fourth-order valence-corrected chi connectivity index (χ4v) is 5.39. The molecule has 196 valence electrons. The van der Waals surface area contributed by atoms with Gasteiger partial charge in [0.2, 0.25) is 5.91 Å². The van der Waals surface area contributed by atoms with Crippen LogP contribution >= 0.6 is 0 Å². The Morgan fingerprint density at radius 2 is 1.74 bits per heavy atom. The van der Waals surface area contributed by atoms with Crippen LogP contribution in [0.1, 0.15) is 44.7 Å². The highest BCUT2D eigenvalue weighted by molar-refractivity contribution is 5.89. The Morgan fingerprint density at radius 1 is 0.949 bits per heavy atom. The normalized spacial score (nSPS) is 14.6. The van der Waals surface area contributed by atoms with Gasteiger partial charge in [-0.2, -0.15) is 0 Å². The summed E-state index contributed by atoms with van der Waals surface area (Å²) in [5.74, 6) is -0.0898. The smallest absolute Gasteiger partial charge is 0.221 e. The van der Waals surface area contributed by atoms with E-state index in [0.717, 1.165) is 69.1 Å². The highest BCUT2D eigenvalue weighted by atomic mass is 16.1. The lowest BCUT2D eigenvalue weighted by atomic mass is 9.96. The van der Waals surface area contributed by atoms with Crippen LogP contribution in [0.25, 0.3) is 28.1 Å². The summed E-state index contributed by atoms with van der Waals surface area (Å²) in [6.45, 7) is 3.52. The molecule has 3 aromatic rings. The second-order valence-corrected chi connectivity index (χ2v) is 10.2. The lowest BCUT2D eigenvalue weighted by Crippen LogP contribution is -2.19. The Bertz CT molecular complexity index is 1680. The molecule has 1 amide bonds. The number of para-hydroxylation sites is 2. The van der Waals surface area contributed by atoms with Gasteiger partial charge in [-0.3, -0.25) is 14.8 Å². The van der Waals surface area contributed by atoms with Crippen LogP contribution in [0.15, 0.2) is 84.0 Å². The van der Waals surface area contributed by atoms with E-state index in [4.69, 9.17) is 9.98 Å². The maximum absolute atomic E-state index is 11.6. The van der Waals surface area contributed by atoms with E-state index < -0.39 is 0 Å². The van der Waals surface area contributed by atoms with Crippen LogP contribution < -0.4 is 16.0 Å². The number of aromatic nitrogens is 3. The van der Waals surface area contributed by atoms with Crippen LogP contribution in [-0.4, -0.2) is 26.5 Å². The SMILES string of the molecule is CC(=O)Nc1ccc(-n2c3c/c(=N\C4CCCCC4)c(Nc4cccnc4C)cc-3nc3ccccc32)cc1. The van der Waals surface area contributed by atoms with Crippen molar-refractivity contribution in [2.75, 3.05) is 10.6 Å². The van der Waals surface area contributed by atoms with Crippen LogP contribution in [-0.2, 0) is 4.79 Å². The van der Waals surface area contributed by atoms with E-state index in [9.17, 15) is 4.79 Å². The van der Waals surface area contributed by atoms with Gasteiger partial charge in [-0.15, -0.1) is 0 Å². The Balaban J connectivity index is 1.58. The lowest BCUT2D eigenvalue weighted by Gasteiger charge is -2.22. The average molecular weight is 517 g/mol. The molecule has 2 aromatic carbocycles. The number of nitrogens with one attached hydrogen (secondary N) is 2. The summed E-state index contributed by atoms with van der Waals surface area (Å²) in [7, 11) is 0. The lowest BCUT2D eigenvalue weighted by molar-refractivity contribution is -0.114. The maximum Gasteiger partial charge on any atom is 0.221 e. The number of pyridine rings is 1. The molecule has 3 aliphatic rings. The fraction of sp³-hybridized carbons (Fsp3) is 0.250. The van der Waals surface area contributed by atoms with Gasteiger partial charge in [0.15, 0.2) is 0 Å². The summed E-state index contributed by atoms with van der Waals surface area (Å²) in [6.07, 6.45) is 7.77. The first kappa shape index (κ1) is 24.8. The molecule has 2 aliphatic carbocycles. The van der Waals surface area contributed by atoms with E-state index in [0.29, 0.717) is 6.04 Å². The van der Waals surface area contributed by atoms with Gasteiger partial charge in [0.1, 0.15) is 0 Å². The monoisotopic (exact) mass is 516 g/mol. The largest absolute Gasteiger partial charge is 0.352 e. The number of hydrogen-bond donors (Lipinski definition) is 2. The minimum absolute atomic E-state index is 0.0898. The van der Waals surface area contributed by atoms with Gasteiger partial charge in [-0.05, 0) is 80.4 Å². The molecule has 0 radical (unpaired) electrons. The van der Waals surface area contributed by atoms with Crippen LogP contribution in [0.3, 0.4) is 0 Å².